The van der Waals surface area contributed by atoms with Gasteiger partial charge in [0.05, 0.1) is 0 Å². The van der Waals surface area contributed by atoms with E-state index in [0.29, 0.717) is 0 Å². The highest BCUT2D eigenvalue weighted by Gasteiger charge is 2.41. The third-order valence-electron chi connectivity index (χ3n) is 6.12. The van der Waals surface area contributed by atoms with Crippen molar-refractivity contribution in [3.05, 3.63) is 0 Å². The first-order chi connectivity index (χ1) is 7.84. The van der Waals surface area contributed by atoms with Crippen LogP contribution in [0.25, 0.3) is 0 Å². The van der Waals surface area contributed by atoms with Gasteiger partial charge in [-0.1, -0.05) is 82.7 Å². The quantitative estimate of drug-likeness (QED) is 0.570. The molecule has 2 atom stereocenters. The monoisotopic (exact) mass is 218 g/mol. The maximum atomic E-state index is 2.51. The van der Waals surface area contributed by atoms with E-state index in [0.717, 1.165) is 30.2 Å². The van der Waals surface area contributed by atoms with Crippen LogP contribution in [0.4, 0.5) is 0 Å². The number of rotatable bonds is 2. The molecule has 3 aliphatic rings. The van der Waals surface area contributed by atoms with Crippen LogP contribution in [-0.4, -0.2) is 6.71 Å². The topological polar surface area (TPSA) is 0 Å². The molecule has 0 N–H and O–H groups in total. The molecule has 1 aliphatic carbocycles. The molecule has 0 spiro atoms. The summed E-state index contributed by atoms with van der Waals surface area (Å²) in [7, 11) is 0. The molecule has 3 rings (SSSR count). The zero-order chi connectivity index (χ0) is 11.0. The zero-order valence-electron chi connectivity index (χ0n) is 11.0. The molecule has 0 unspecified atom stereocenters. The molecule has 0 radical (unpaired) electrons. The second kappa shape index (κ2) is 4.74. The average Bonchev–Trinajstić information content (AvgIpc) is 2.64. The molecular formula is C15H27B. The van der Waals surface area contributed by atoms with Crippen molar-refractivity contribution in [1.82, 2.24) is 0 Å². The second-order valence-corrected chi connectivity index (χ2v) is 6.95. The highest BCUT2D eigenvalue weighted by Crippen LogP contribution is 2.50. The van der Waals surface area contributed by atoms with Gasteiger partial charge in [-0.15, -0.1) is 0 Å². The minimum Gasteiger partial charge on any atom is -0.0706 e. The zero-order valence-corrected chi connectivity index (χ0v) is 11.0. The highest BCUT2D eigenvalue weighted by atomic mass is 14.3. The van der Waals surface area contributed by atoms with Gasteiger partial charge in [0.15, 0.2) is 0 Å². The van der Waals surface area contributed by atoms with Gasteiger partial charge in [-0.25, -0.2) is 0 Å². The molecule has 1 saturated carbocycles. The summed E-state index contributed by atoms with van der Waals surface area (Å²) in [6.45, 7) is 3.66. The van der Waals surface area contributed by atoms with Crippen molar-refractivity contribution < 1.29 is 0 Å². The largest absolute Gasteiger partial charge is 0.146 e. The van der Waals surface area contributed by atoms with Gasteiger partial charge in [-0.3, -0.25) is 0 Å². The Morgan fingerprint density at radius 3 is 1.88 bits per heavy atom. The minimum atomic E-state index is 1.04. The third-order valence-corrected chi connectivity index (χ3v) is 6.12. The summed E-state index contributed by atoms with van der Waals surface area (Å²) in [5.74, 6) is 4.43. The third kappa shape index (κ3) is 2.07. The Labute approximate surface area is 102 Å². The van der Waals surface area contributed by atoms with Gasteiger partial charge in [-0.2, -0.15) is 0 Å². The molecule has 0 aromatic rings. The lowest BCUT2D eigenvalue weighted by molar-refractivity contribution is 0.410. The average molecular weight is 218 g/mol. The molecule has 2 heterocycles. The molecule has 0 aromatic carbocycles. The lowest BCUT2D eigenvalue weighted by Crippen LogP contribution is -2.36. The first kappa shape index (κ1) is 11.2. The van der Waals surface area contributed by atoms with Crippen LogP contribution in [0.3, 0.4) is 0 Å². The number of fused-ring (bicyclic) bond motifs is 2. The number of hydrogen-bond acceptors (Lipinski definition) is 0. The second-order valence-electron chi connectivity index (χ2n) is 6.95. The highest BCUT2D eigenvalue weighted by molar-refractivity contribution is 6.62. The van der Waals surface area contributed by atoms with Gasteiger partial charge in [0.1, 0.15) is 6.71 Å². The Morgan fingerprint density at radius 2 is 1.38 bits per heavy atom. The Hall–Kier alpha value is 0.0649. The van der Waals surface area contributed by atoms with Crippen molar-refractivity contribution in [2.45, 2.75) is 82.7 Å². The summed E-state index contributed by atoms with van der Waals surface area (Å²) in [6, 6.07) is 0. The molecule has 2 aliphatic heterocycles. The van der Waals surface area contributed by atoms with E-state index < -0.39 is 0 Å². The Morgan fingerprint density at radius 1 is 0.812 bits per heavy atom. The molecule has 0 amide bonds. The van der Waals surface area contributed by atoms with E-state index in [1.807, 2.05) is 0 Å². The predicted octanol–water partition coefficient (Wildman–Crippen LogP) is 5.03. The van der Waals surface area contributed by atoms with E-state index >= 15 is 0 Å². The fraction of sp³-hybridized carbons (Fsp3) is 1.00. The maximum Gasteiger partial charge on any atom is 0.146 e. The first-order valence-electron chi connectivity index (χ1n) is 7.84. The molecule has 3 fully saturated rings. The molecular weight excluding hydrogens is 191 g/mol. The van der Waals surface area contributed by atoms with Gasteiger partial charge in [-0.05, 0) is 11.8 Å². The van der Waals surface area contributed by atoms with Crippen LogP contribution in [0, 0.1) is 11.8 Å². The van der Waals surface area contributed by atoms with Crippen molar-refractivity contribution in [2.24, 2.45) is 11.8 Å². The van der Waals surface area contributed by atoms with Crippen molar-refractivity contribution in [1.29, 1.82) is 0 Å². The normalized spacial score (nSPS) is 43.7. The smallest absolute Gasteiger partial charge is 0.0706 e. The SMILES string of the molecule is C[C@H]1CCC[C@@H]1CB1C2CCCC1CCC2. The van der Waals surface area contributed by atoms with Gasteiger partial charge in [0.25, 0.3) is 0 Å². The van der Waals surface area contributed by atoms with Gasteiger partial charge < -0.3 is 0 Å². The van der Waals surface area contributed by atoms with Crippen LogP contribution < -0.4 is 0 Å². The summed E-state index contributed by atoms with van der Waals surface area (Å²) in [5.41, 5.74) is 0. The Kier molecular flexibility index (Phi) is 3.31. The Bertz CT molecular complexity index is 216. The van der Waals surface area contributed by atoms with Crippen LogP contribution in [0.2, 0.25) is 18.0 Å². The van der Waals surface area contributed by atoms with E-state index in [-0.39, 0.29) is 0 Å². The molecule has 0 aromatic heterocycles. The van der Waals surface area contributed by atoms with Crippen LogP contribution in [-0.2, 0) is 0 Å². The number of hydrogen-bond donors (Lipinski definition) is 0. The standard InChI is InChI=1S/C15H27B/c1-12-5-2-6-13(12)11-16-14-7-3-8-15(16)10-4-9-14/h12-15H,2-11H2,1H3/t12-,13+,14?,15?/m0/s1. The molecule has 90 valence electrons. The van der Waals surface area contributed by atoms with E-state index in [1.54, 1.807) is 51.3 Å². The fourth-order valence-corrected chi connectivity index (χ4v) is 5.12. The van der Waals surface area contributed by atoms with Gasteiger partial charge in [0.2, 0.25) is 0 Å². The van der Waals surface area contributed by atoms with E-state index in [4.69, 9.17) is 0 Å². The minimum absolute atomic E-state index is 1.04. The van der Waals surface area contributed by atoms with Gasteiger partial charge in [0, 0.05) is 0 Å². The van der Waals surface area contributed by atoms with Crippen LogP contribution in [0.15, 0.2) is 0 Å². The summed E-state index contributed by atoms with van der Waals surface area (Å²) in [4.78, 5) is 0. The summed E-state index contributed by atoms with van der Waals surface area (Å²) >= 11 is 0. The first-order valence-corrected chi connectivity index (χ1v) is 7.84. The van der Waals surface area contributed by atoms with E-state index in [2.05, 4.69) is 6.92 Å². The molecule has 16 heavy (non-hydrogen) atoms. The lowest BCUT2D eigenvalue weighted by Gasteiger charge is -2.42. The van der Waals surface area contributed by atoms with Crippen LogP contribution >= 0.6 is 0 Å². The van der Waals surface area contributed by atoms with Crippen molar-refractivity contribution in [2.75, 3.05) is 0 Å². The summed E-state index contributed by atoms with van der Waals surface area (Å²) in [5, 5.41) is 0. The summed E-state index contributed by atoms with van der Waals surface area (Å²) < 4.78 is 0. The molecule has 2 saturated heterocycles. The molecule has 0 nitrogen and oxygen atoms in total. The molecule has 2 bridgehead atoms. The van der Waals surface area contributed by atoms with Crippen LogP contribution in [0.1, 0.15) is 64.7 Å². The van der Waals surface area contributed by atoms with E-state index in [9.17, 15) is 0 Å². The molecule has 1 heteroatoms. The predicted molar refractivity (Wildman–Crippen MR) is 72.3 cm³/mol. The van der Waals surface area contributed by atoms with Crippen molar-refractivity contribution in [3.63, 3.8) is 0 Å². The van der Waals surface area contributed by atoms with Gasteiger partial charge >= 0.3 is 0 Å². The summed E-state index contributed by atoms with van der Waals surface area (Å²) in [6.07, 6.45) is 15.6. The van der Waals surface area contributed by atoms with Crippen LogP contribution in [0.5, 0.6) is 0 Å². The Balaban J connectivity index is 1.64. The van der Waals surface area contributed by atoms with Crippen molar-refractivity contribution >= 4 is 6.71 Å². The lowest BCUT2D eigenvalue weighted by atomic mass is 9.25. The van der Waals surface area contributed by atoms with Crippen molar-refractivity contribution in [3.8, 4) is 0 Å². The fourth-order valence-electron chi connectivity index (χ4n) is 5.12. The van der Waals surface area contributed by atoms with E-state index in [1.165, 1.54) is 12.8 Å². The maximum absolute atomic E-state index is 2.51.